The predicted octanol–water partition coefficient (Wildman–Crippen LogP) is 7.04. The molecule has 0 spiro atoms. The quantitative estimate of drug-likeness (QED) is 0.103. The minimum absolute atomic E-state index is 0. The van der Waals surface area contributed by atoms with Gasteiger partial charge in [-0.15, -0.1) is 35.9 Å². The Morgan fingerprint density at radius 3 is 1.84 bits per heavy atom. The van der Waals surface area contributed by atoms with E-state index in [1.807, 2.05) is 24.4 Å². The smallest absolute Gasteiger partial charge is 0.155 e. The number of carbonyl (C=O) groups is 1. The minimum atomic E-state index is -0.125. The molecule has 0 saturated carbocycles. The second-order valence-corrected chi connectivity index (χ2v) is 7.35. The van der Waals surface area contributed by atoms with E-state index in [4.69, 9.17) is 10.1 Å². The number of aromatic nitrogens is 1. The number of aliphatic hydroxyl groups excluding tert-OH is 1. The number of pyridine rings is 1. The molecule has 4 heteroatoms. The van der Waals surface area contributed by atoms with Gasteiger partial charge in [0.2, 0.25) is 0 Å². The van der Waals surface area contributed by atoms with Crippen LogP contribution in [0.1, 0.15) is 13.8 Å². The molecule has 0 aliphatic rings. The molecule has 0 saturated heterocycles. The van der Waals surface area contributed by atoms with Gasteiger partial charge in [0.15, 0.2) is 5.78 Å². The van der Waals surface area contributed by atoms with Crippen LogP contribution in [0.3, 0.4) is 0 Å². The third kappa shape index (κ3) is 4.77. The van der Waals surface area contributed by atoms with Crippen molar-refractivity contribution < 1.29 is 30.0 Å². The van der Waals surface area contributed by atoms with Crippen LogP contribution in [0.15, 0.2) is 96.9 Å². The fourth-order valence-electron chi connectivity index (χ4n) is 3.89. The van der Waals surface area contributed by atoms with E-state index >= 15 is 0 Å². The second-order valence-electron chi connectivity index (χ2n) is 7.35. The number of aliphatic hydroxyl groups is 1. The molecule has 0 unspecified atom stereocenters. The van der Waals surface area contributed by atoms with Crippen LogP contribution in [0.4, 0.5) is 0 Å². The molecule has 5 rings (SSSR count). The molecule has 0 aliphatic heterocycles. The maximum absolute atomic E-state index is 10.0. The van der Waals surface area contributed by atoms with Crippen LogP contribution in [0.5, 0.6) is 0 Å². The van der Waals surface area contributed by atoms with Crippen LogP contribution in [0.2, 0.25) is 0 Å². The van der Waals surface area contributed by atoms with E-state index in [9.17, 15) is 4.79 Å². The first kappa shape index (κ1) is 23.3. The van der Waals surface area contributed by atoms with E-state index in [0.717, 1.165) is 11.3 Å². The summed E-state index contributed by atoms with van der Waals surface area (Å²) in [5, 5.41) is 15.9. The van der Waals surface area contributed by atoms with Gasteiger partial charge in [0.05, 0.1) is 5.76 Å². The zero-order valence-electron chi connectivity index (χ0n) is 17.8. The molecular formula is C28H22IrNO2-. The van der Waals surface area contributed by atoms with Gasteiger partial charge in [-0.2, -0.15) is 0 Å². The molecular weight excluding hydrogens is 575 g/mol. The first-order valence-electron chi connectivity index (χ1n) is 10.1. The summed E-state index contributed by atoms with van der Waals surface area (Å²) in [6, 6.07) is 30.7. The molecule has 1 N–H and O–H groups in total. The van der Waals surface area contributed by atoms with Gasteiger partial charge in [0.25, 0.3) is 0 Å². The minimum Gasteiger partial charge on any atom is -0.512 e. The van der Waals surface area contributed by atoms with Crippen LogP contribution in [0, 0.1) is 6.07 Å². The molecule has 1 heterocycles. The van der Waals surface area contributed by atoms with Crippen LogP contribution >= 0.6 is 0 Å². The Kier molecular flexibility index (Phi) is 7.53. The third-order valence-corrected chi connectivity index (χ3v) is 5.03. The van der Waals surface area contributed by atoms with Crippen molar-refractivity contribution in [3.63, 3.8) is 0 Å². The number of ketones is 1. The average molecular weight is 597 g/mol. The van der Waals surface area contributed by atoms with Crippen molar-refractivity contribution >= 4 is 38.1 Å². The number of fused-ring (bicyclic) bond motifs is 6. The van der Waals surface area contributed by atoms with Gasteiger partial charge in [0, 0.05) is 32.4 Å². The Balaban J connectivity index is 0.000000318. The van der Waals surface area contributed by atoms with Gasteiger partial charge >= 0.3 is 0 Å². The molecule has 0 atom stereocenters. The molecule has 5 aromatic rings. The van der Waals surface area contributed by atoms with Gasteiger partial charge in [-0.25, -0.2) is 0 Å². The van der Waals surface area contributed by atoms with Crippen LogP contribution in [0.25, 0.3) is 43.6 Å². The Hall–Kier alpha value is -3.33. The molecule has 0 fully saturated rings. The van der Waals surface area contributed by atoms with E-state index in [1.165, 1.54) is 52.2 Å². The first-order valence-corrected chi connectivity index (χ1v) is 10.1. The fraction of sp³-hybridized carbons (Fsp3) is 0.0714. The van der Waals surface area contributed by atoms with Gasteiger partial charge in [-0.3, -0.25) is 4.79 Å². The van der Waals surface area contributed by atoms with Crippen LogP contribution < -0.4 is 0 Å². The maximum atomic E-state index is 10.0. The SMILES string of the molecule is CC(=O)/C=C(/C)O.[Ir].[c-]1ccccc1-c1nccc2c3ccccc3c3ccccc3c12. The van der Waals surface area contributed by atoms with Gasteiger partial charge in [-0.05, 0) is 57.9 Å². The van der Waals surface area contributed by atoms with Crippen molar-refractivity contribution in [1.82, 2.24) is 4.98 Å². The third-order valence-electron chi connectivity index (χ3n) is 5.03. The summed E-state index contributed by atoms with van der Waals surface area (Å²) in [5.41, 5.74) is 2.03. The van der Waals surface area contributed by atoms with Gasteiger partial charge in [-0.1, -0.05) is 48.5 Å². The van der Waals surface area contributed by atoms with Crippen molar-refractivity contribution in [2.75, 3.05) is 0 Å². The summed E-state index contributed by atoms with van der Waals surface area (Å²) >= 11 is 0. The van der Waals surface area contributed by atoms with E-state index < -0.39 is 0 Å². The molecule has 3 nitrogen and oxygen atoms in total. The summed E-state index contributed by atoms with van der Waals surface area (Å²) in [6.45, 7) is 2.85. The standard InChI is InChI=1S/C23H14N.C5H8O2.Ir/c1-2-8-16(9-3-1)23-22-20-13-7-6-11-18(20)17-10-4-5-12-19(17)21(22)14-15-24-23;1-4(6)3-5(2)7;/h1-8,10-15H;3,6H,1-2H3;/q-1;;/b;4-3-;. The summed E-state index contributed by atoms with van der Waals surface area (Å²) in [5.74, 6) is -0.0625. The maximum Gasteiger partial charge on any atom is 0.155 e. The number of hydrogen-bond acceptors (Lipinski definition) is 3. The van der Waals surface area contributed by atoms with E-state index in [1.54, 1.807) is 0 Å². The molecule has 0 bridgehead atoms. The van der Waals surface area contributed by atoms with Crippen LogP contribution in [-0.4, -0.2) is 15.9 Å². The molecule has 1 aromatic heterocycles. The summed E-state index contributed by atoms with van der Waals surface area (Å²) in [4.78, 5) is 14.7. The molecule has 4 aromatic carbocycles. The first-order chi connectivity index (χ1) is 15.1. The predicted molar refractivity (Wildman–Crippen MR) is 128 cm³/mol. The fourth-order valence-corrected chi connectivity index (χ4v) is 3.89. The average Bonchev–Trinajstić information content (AvgIpc) is 2.79. The Labute approximate surface area is 200 Å². The number of allylic oxidation sites excluding steroid dienone is 2. The van der Waals surface area contributed by atoms with Crippen molar-refractivity contribution in [2.24, 2.45) is 0 Å². The van der Waals surface area contributed by atoms with Crippen molar-refractivity contribution in [3.05, 3.63) is 103 Å². The van der Waals surface area contributed by atoms with E-state index in [-0.39, 0.29) is 31.6 Å². The number of hydrogen-bond donors (Lipinski definition) is 1. The Morgan fingerprint density at radius 1 is 0.812 bits per heavy atom. The summed E-state index contributed by atoms with van der Waals surface area (Å²) in [6.07, 6.45) is 3.07. The molecule has 1 radical (unpaired) electrons. The molecule has 0 amide bonds. The molecule has 161 valence electrons. The number of nitrogens with zero attached hydrogens (tertiary/aromatic N) is 1. The zero-order chi connectivity index (χ0) is 21.8. The van der Waals surface area contributed by atoms with Crippen molar-refractivity contribution in [2.45, 2.75) is 13.8 Å². The summed E-state index contributed by atoms with van der Waals surface area (Å²) in [7, 11) is 0. The van der Waals surface area contributed by atoms with Gasteiger partial charge in [0.1, 0.15) is 0 Å². The Bertz CT molecular complexity index is 1380. The zero-order valence-corrected chi connectivity index (χ0v) is 20.2. The summed E-state index contributed by atoms with van der Waals surface area (Å²) < 4.78 is 0. The molecule has 0 aliphatic carbocycles. The van der Waals surface area contributed by atoms with Gasteiger partial charge < -0.3 is 10.1 Å². The normalized spacial score (nSPS) is 11.0. The number of rotatable bonds is 2. The number of benzene rings is 4. The van der Waals surface area contributed by atoms with Crippen LogP contribution in [-0.2, 0) is 24.9 Å². The monoisotopic (exact) mass is 597 g/mol. The largest absolute Gasteiger partial charge is 0.512 e. The van der Waals surface area contributed by atoms with Crippen molar-refractivity contribution in [1.29, 1.82) is 0 Å². The topological polar surface area (TPSA) is 50.2 Å². The van der Waals surface area contributed by atoms with E-state index in [0.29, 0.717) is 0 Å². The van der Waals surface area contributed by atoms with Crippen molar-refractivity contribution in [3.8, 4) is 11.3 Å². The molecule has 32 heavy (non-hydrogen) atoms. The number of carbonyl (C=O) groups excluding carboxylic acids is 1. The Morgan fingerprint density at radius 2 is 1.34 bits per heavy atom. The van der Waals surface area contributed by atoms with E-state index in [2.05, 4.69) is 66.7 Å². The second kappa shape index (κ2) is 10.3.